The van der Waals surface area contributed by atoms with Gasteiger partial charge in [0, 0.05) is 22.3 Å². The summed E-state index contributed by atoms with van der Waals surface area (Å²) in [4.78, 5) is 12.5. The molecule has 3 aromatic rings. The van der Waals surface area contributed by atoms with Gasteiger partial charge >= 0.3 is 0 Å². The Morgan fingerprint density at radius 1 is 1.19 bits per heavy atom. The average molecular weight is 382 g/mol. The molecule has 4 rings (SSSR count). The number of aromatic nitrogens is 2. The molecule has 4 heterocycles. The zero-order valence-corrected chi connectivity index (χ0v) is 16.9. The number of ether oxygens (including phenoxy) is 1. The fraction of sp³-hybridized carbons (Fsp3) is 0.286. The minimum atomic E-state index is -0.833. The number of aliphatic imine (C=N–C) groups is 1. The van der Waals surface area contributed by atoms with Gasteiger partial charge in [-0.3, -0.25) is 0 Å². The summed E-state index contributed by atoms with van der Waals surface area (Å²) in [5.74, 6) is 0.742. The van der Waals surface area contributed by atoms with Crippen molar-refractivity contribution in [3.63, 3.8) is 0 Å². The maximum absolute atomic E-state index is 10.2. The number of allylic oxidation sites excluding steroid dienone is 1. The third kappa shape index (κ3) is 3.26. The number of nitrogens with one attached hydrogen (secondary N) is 2. The molecule has 0 atom stereocenters. The first-order valence-electron chi connectivity index (χ1n) is 8.83. The molecule has 0 unspecified atom stereocenters. The molecule has 0 saturated carbocycles. The number of rotatable bonds is 4. The number of H-pyrrole nitrogens is 2. The van der Waals surface area contributed by atoms with Crippen LogP contribution in [0.2, 0.25) is 0 Å². The van der Waals surface area contributed by atoms with Crippen molar-refractivity contribution in [3.05, 3.63) is 63.3 Å². The second-order valence-electron chi connectivity index (χ2n) is 7.42. The van der Waals surface area contributed by atoms with Crippen LogP contribution in [0.15, 0.2) is 40.7 Å². The molecular weight excluding hydrogens is 358 g/mol. The van der Waals surface area contributed by atoms with Gasteiger partial charge in [0.1, 0.15) is 11.5 Å². The van der Waals surface area contributed by atoms with Crippen molar-refractivity contribution in [1.82, 2.24) is 9.97 Å². The molecule has 0 amide bonds. The molecule has 5 nitrogen and oxygen atoms in total. The van der Waals surface area contributed by atoms with Gasteiger partial charge in [-0.1, -0.05) is 0 Å². The Morgan fingerprint density at radius 3 is 2.56 bits per heavy atom. The first-order valence-corrected chi connectivity index (χ1v) is 9.64. The van der Waals surface area contributed by atoms with Crippen LogP contribution in [0.4, 0.5) is 0 Å². The van der Waals surface area contributed by atoms with Crippen LogP contribution in [0.1, 0.15) is 41.4 Å². The highest BCUT2D eigenvalue weighted by Gasteiger charge is 2.22. The van der Waals surface area contributed by atoms with Crippen LogP contribution in [-0.4, -0.2) is 27.9 Å². The lowest BCUT2D eigenvalue weighted by Gasteiger charge is -2.13. The van der Waals surface area contributed by atoms with Crippen LogP contribution in [0.25, 0.3) is 16.3 Å². The van der Waals surface area contributed by atoms with E-state index in [0.717, 1.165) is 49.3 Å². The summed E-state index contributed by atoms with van der Waals surface area (Å²) in [7, 11) is 1.66. The van der Waals surface area contributed by atoms with Gasteiger partial charge in [-0.25, -0.2) is 4.99 Å². The van der Waals surface area contributed by atoms with E-state index in [0.29, 0.717) is 0 Å². The van der Waals surface area contributed by atoms with Gasteiger partial charge in [-0.2, -0.15) is 0 Å². The molecule has 0 fully saturated rings. The molecule has 140 valence electrons. The highest BCUT2D eigenvalue weighted by molar-refractivity contribution is 7.19. The van der Waals surface area contributed by atoms with Crippen molar-refractivity contribution in [2.24, 2.45) is 4.99 Å². The summed E-state index contributed by atoms with van der Waals surface area (Å²) >= 11 is 1.59. The average Bonchev–Trinajstić information content (AvgIpc) is 3.29. The van der Waals surface area contributed by atoms with Crippen LogP contribution >= 0.6 is 11.3 Å². The fourth-order valence-corrected chi connectivity index (χ4v) is 4.28. The molecule has 0 spiro atoms. The van der Waals surface area contributed by atoms with Gasteiger partial charge in [-0.05, 0) is 57.5 Å². The normalized spacial score (nSPS) is 16.3. The second-order valence-corrected chi connectivity index (χ2v) is 8.50. The SMILES string of the molecule is COC1=CC(c2cc3sc(C(C)(C)O)cc3[nH]2)=NC1=Cc1[nH]c(C)cc1C. The van der Waals surface area contributed by atoms with Gasteiger partial charge in [0.05, 0.1) is 34.3 Å². The van der Waals surface area contributed by atoms with Crippen molar-refractivity contribution in [3.8, 4) is 0 Å². The number of aliphatic hydroxyl groups is 1. The van der Waals surface area contributed by atoms with Crippen molar-refractivity contribution in [2.75, 3.05) is 7.11 Å². The predicted octanol–water partition coefficient (Wildman–Crippen LogP) is 4.78. The number of fused-ring (bicyclic) bond motifs is 1. The Bertz CT molecular complexity index is 1080. The summed E-state index contributed by atoms with van der Waals surface area (Å²) in [6.07, 6.45) is 3.96. The Labute approximate surface area is 162 Å². The van der Waals surface area contributed by atoms with Crippen molar-refractivity contribution in [2.45, 2.75) is 33.3 Å². The molecule has 1 aliphatic rings. The third-order valence-electron chi connectivity index (χ3n) is 4.64. The van der Waals surface area contributed by atoms with Gasteiger partial charge in [-0.15, -0.1) is 11.3 Å². The van der Waals surface area contributed by atoms with Crippen LogP contribution in [0.3, 0.4) is 0 Å². The molecule has 0 radical (unpaired) electrons. The number of aromatic amines is 2. The Kier molecular flexibility index (Phi) is 4.13. The van der Waals surface area contributed by atoms with E-state index in [-0.39, 0.29) is 0 Å². The quantitative estimate of drug-likeness (QED) is 0.609. The minimum absolute atomic E-state index is 0.742. The number of methoxy groups -OCH3 is 1. The lowest BCUT2D eigenvalue weighted by Crippen LogP contribution is -2.12. The summed E-state index contributed by atoms with van der Waals surface area (Å²) in [5.41, 5.74) is 6.10. The van der Waals surface area contributed by atoms with Gasteiger partial charge in [0.15, 0.2) is 0 Å². The molecule has 27 heavy (non-hydrogen) atoms. The largest absolute Gasteiger partial charge is 0.494 e. The van der Waals surface area contributed by atoms with E-state index in [1.165, 1.54) is 5.56 Å². The molecule has 0 bridgehead atoms. The zero-order valence-electron chi connectivity index (χ0n) is 16.1. The lowest BCUT2D eigenvalue weighted by molar-refractivity contribution is 0.0826. The molecule has 3 N–H and O–H groups in total. The zero-order chi connectivity index (χ0) is 19.3. The maximum Gasteiger partial charge on any atom is 0.146 e. The van der Waals surface area contributed by atoms with E-state index >= 15 is 0 Å². The van der Waals surface area contributed by atoms with E-state index < -0.39 is 5.60 Å². The van der Waals surface area contributed by atoms with Crippen molar-refractivity contribution in [1.29, 1.82) is 0 Å². The van der Waals surface area contributed by atoms with Crippen LogP contribution in [-0.2, 0) is 10.3 Å². The predicted molar refractivity (Wildman–Crippen MR) is 111 cm³/mol. The number of hydrogen-bond donors (Lipinski definition) is 3. The fourth-order valence-electron chi connectivity index (χ4n) is 3.22. The molecular formula is C21H23N3O2S. The number of aryl methyl sites for hydroxylation is 2. The molecule has 0 aliphatic carbocycles. The van der Waals surface area contributed by atoms with E-state index in [9.17, 15) is 5.11 Å². The van der Waals surface area contributed by atoms with E-state index in [1.807, 2.05) is 25.1 Å². The number of nitrogens with zero attached hydrogens (tertiary/aromatic N) is 1. The minimum Gasteiger partial charge on any atom is -0.494 e. The standard InChI is InChI=1S/C21H23N3O2S/c1-11-6-12(2)22-13(11)7-16-18(26-5)8-14(23-16)15-9-19-17(24-15)10-20(27-19)21(3,4)25/h6-10,22,24-25H,1-5H3. The van der Waals surface area contributed by atoms with Crippen LogP contribution in [0.5, 0.6) is 0 Å². The second kappa shape index (κ2) is 6.25. The monoisotopic (exact) mass is 381 g/mol. The van der Waals surface area contributed by atoms with Gasteiger partial charge in [0.2, 0.25) is 0 Å². The smallest absolute Gasteiger partial charge is 0.146 e. The number of thiophene rings is 1. The topological polar surface area (TPSA) is 73.4 Å². The molecule has 0 aromatic carbocycles. The first-order chi connectivity index (χ1) is 12.7. The summed E-state index contributed by atoms with van der Waals surface area (Å²) in [5, 5.41) is 10.2. The summed E-state index contributed by atoms with van der Waals surface area (Å²) < 4.78 is 6.64. The molecule has 6 heteroatoms. The van der Waals surface area contributed by atoms with Crippen molar-refractivity contribution >= 4 is 33.3 Å². The third-order valence-corrected chi connectivity index (χ3v) is 6.03. The Morgan fingerprint density at radius 2 is 1.96 bits per heavy atom. The molecule has 1 aliphatic heterocycles. The summed E-state index contributed by atoms with van der Waals surface area (Å²) in [6, 6.07) is 6.19. The number of hydrogen-bond acceptors (Lipinski definition) is 4. The van der Waals surface area contributed by atoms with E-state index in [2.05, 4.69) is 29.0 Å². The first kappa shape index (κ1) is 17.8. The lowest BCUT2D eigenvalue weighted by atomic mass is 10.1. The Hall–Kier alpha value is -2.57. The van der Waals surface area contributed by atoms with Crippen LogP contribution in [0, 0.1) is 13.8 Å². The van der Waals surface area contributed by atoms with Gasteiger partial charge in [0.25, 0.3) is 0 Å². The molecule has 3 aromatic heterocycles. The Balaban J connectivity index is 1.71. The highest BCUT2D eigenvalue weighted by atomic mass is 32.1. The molecule has 0 saturated heterocycles. The maximum atomic E-state index is 10.2. The summed E-state index contributed by atoms with van der Waals surface area (Å²) in [6.45, 7) is 7.72. The van der Waals surface area contributed by atoms with Gasteiger partial charge < -0.3 is 19.8 Å². The van der Waals surface area contributed by atoms with Crippen molar-refractivity contribution < 1.29 is 9.84 Å². The van der Waals surface area contributed by atoms with E-state index in [1.54, 1.807) is 32.3 Å². The van der Waals surface area contributed by atoms with Crippen LogP contribution < -0.4 is 0 Å². The highest BCUT2D eigenvalue weighted by Crippen LogP contribution is 2.34. The van der Waals surface area contributed by atoms with E-state index in [4.69, 9.17) is 9.73 Å².